The molecular formula is C12H16N2O3. The van der Waals surface area contributed by atoms with Gasteiger partial charge in [0.1, 0.15) is 5.75 Å². The highest BCUT2D eigenvalue weighted by Crippen LogP contribution is 2.16. The Labute approximate surface area is 100 Å². The summed E-state index contributed by atoms with van der Waals surface area (Å²) in [6.45, 7) is 4.89. The molecule has 0 aliphatic carbocycles. The van der Waals surface area contributed by atoms with Crippen LogP contribution >= 0.6 is 0 Å². The Morgan fingerprint density at radius 2 is 2.47 bits per heavy atom. The first-order valence-electron chi connectivity index (χ1n) is 5.22. The van der Waals surface area contributed by atoms with Crippen LogP contribution in [-0.4, -0.2) is 47.7 Å². The molecule has 1 heterocycles. The zero-order valence-corrected chi connectivity index (χ0v) is 9.80. The monoisotopic (exact) mass is 236 g/mol. The summed E-state index contributed by atoms with van der Waals surface area (Å²) in [6, 6.07) is 1.49. The summed E-state index contributed by atoms with van der Waals surface area (Å²) in [5, 5.41) is 9.56. The average Bonchev–Trinajstić information content (AvgIpc) is 2.34. The number of carbonyl (C=O) groups is 1. The summed E-state index contributed by atoms with van der Waals surface area (Å²) in [7, 11) is 1.57. The van der Waals surface area contributed by atoms with Crippen LogP contribution < -0.4 is 0 Å². The molecule has 0 aromatic carbocycles. The number of pyridine rings is 1. The Bertz CT molecular complexity index is 393. The Hall–Kier alpha value is -1.88. The molecule has 0 unspecified atom stereocenters. The van der Waals surface area contributed by atoms with Gasteiger partial charge in [-0.25, -0.2) is 0 Å². The highest BCUT2D eigenvalue weighted by atomic mass is 16.5. The Morgan fingerprint density at radius 3 is 3.06 bits per heavy atom. The van der Waals surface area contributed by atoms with Gasteiger partial charge >= 0.3 is 0 Å². The second-order valence-electron chi connectivity index (χ2n) is 3.43. The van der Waals surface area contributed by atoms with Crippen molar-refractivity contribution in [3.63, 3.8) is 0 Å². The summed E-state index contributed by atoms with van der Waals surface area (Å²) >= 11 is 0. The first-order chi connectivity index (χ1) is 8.20. The summed E-state index contributed by atoms with van der Waals surface area (Å²) in [5.74, 6) is -0.383. The molecule has 0 atom stereocenters. The second kappa shape index (κ2) is 6.65. The van der Waals surface area contributed by atoms with E-state index < -0.39 is 0 Å². The molecule has 92 valence electrons. The van der Waals surface area contributed by atoms with Gasteiger partial charge in [0.15, 0.2) is 0 Å². The fourth-order valence-corrected chi connectivity index (χ4v) is 1.37. The first-order valence-corrected chi connectivity index (χ1v) is 5.22. The van der Waals surface area contributed by atoms with Crippen molar-refractivity contribution in [2.24, 2.45) is 0 Å². The quantitative estimate of drug-likeness (QED) is 0.750. The molecule has 0 fully saturated rings. The van der Waals surface area contributed by atoms with E-state index >= 15 is 0 Å². The number of amides is 1. The summed E-state index contributed by atoms with van der Waals surface area (Å²) in [5.41, 5.74) is 0.234. The third kappa shape index (κ3) is 3.57. The molecular weight excluding hydrogens is 220 g/mol. The summed E-state index contributed by atoms with van der Waals surface area (Å²) in [6.07, 6.45) is 4.34. The van der Waals surface area contributed by atoms with Gasteiger partial charge in [0.25, 0.3) is 5.91 Å². The van der Waals surface area contributed by atoms with Crippen molar-refractivity contribution in [2.75, 3.05) is 26.8 Å². The molecule has 0 aliphatic heterocycles. The van der Waals surface area contributed by atoms with Crippen molar-refractivity contribution in [3.8, 4) is 5.75 Å². The summed E-state index contributed by atoms with van der Waals surface area (Å²) in [4.78, 5) is 17.4. The van der Waals surface area contributed by atoms with E-state index in [1.807, 2.05) is 0 Å². The number of ether oxygens (including phenoxy) is 1. The maximum Gasteiger partial charge on any atom is 0.258 e. The van der Waals surface area contributed by atoms with Crippen molar-refractivity contribution in [3.05, 3.63) is 36.7 Å². The maximum absolute atomic E-state index is 12.1. The lowest BCUT2D eigenvalue weighted by atomic mass is 10.2. The van der Waals surface area contributed by atoms with Crippen molar-refractivity contribution in [2.45, 2.75) is 0 Å². The molecule has 5 heteroatoms. The Morgan fingerprint density at radius 1 is 1.71 bits per heavy atom. The normalized spacial score (nSPS) is 9.94. The van der Waals surface area contributed by atoms with E-state index in [9.17, 15) is 9.90 Å². The van der Waals surface area contributed by atoms with Gasteiger partial charge in [-0.15, -0.1) is 6.58 Å². The van der Waals surface area contributed by atoms with Crippen molar-refractivity contribution < 1.29 is 14.6 Å². The number of carbonyl (C=O) groups excluding carboxylic acids is 1. The van der Waals surface area contributed by atoms with Gasteiger partial charge in [-0.3, -0.25) is 9.78 Å². The van der Waals surface area contributed by atoms with Crippen molar-refractivity contribution in [1.82, 2.24) is 9.88 Å². The SMILES string of the molecule is C=CCN(CCOC)C(=O)c1ccncc1O. The van der Waals surface area contributed by atoms with Crippen molar-refractivity contribution >= 4 is 5.91 Å². The highest BCUT2D eigenvalue weighted by molar-refractivity contribution is 5.96. The van der Waals surface area contributed by atoms with Gasteiger partial charge in [-0.2, -0.15) is 0 Å². The molecule has 0 spiro atoms. The number of aromatic hydroxyl groups is 1. The van der Waals surface area contributed by atoms with Crippen molar-refractivity contribution in [1.29, 1.82) is 0 Å². The van der Waals surface area contributed by atoms with E-state index in [1.54, 1.807) is 18.1 Å². The number of nitrogens with zero attached hydrogens (tertiary/aromatic N) is 2. The topological polar surface area (TPSA) is 62.7 Å². The minimum absolute atomic E-state index is 0.121. The van der Waals surface area contributed by atoms with Crippen LogP contribution in [0, 0.1) is 0 Å². The largest absolute Gasteiger partial charge is 0.505 e. The van der Waals surface area contributed by atoms with E-state index in [0.717, 1.165) is 0 Å². The summed E-state index contributed by atoms with van der Waals surface area (Å²) < 4.78 is 4.93. The minimum Gasteiger partial charge on any atom is -0.505 e. The fraction of sp³-hybridized carbons (Fsp3) is 0.333. The predicted molar refractivity (Wildman–Crippen MR) is 63.9 cm³/mol. The van der Waals surface area contributed by atoms with Gasteiger partial charge in [0.2, 0.25) is 0 Å². The van der Waals surface area contributed by atoms with E-state index in [2.05, 4.69) is 11.6 Å². The zero-order chi connectivity index (χ0) is 12.7. The second-order valence-corrected chi connectivity index (χ2v) is 3.43. The average molecular weight is 236 g/mol. The zero-order valence-electron chi connectivity index (χ0n) is 9.80. The van der Waals surface area contributed by atoms with Crippen LogP contribution in [0.25, 0.3) is 0 Å². The lowest BCUT2D eigenvalue weighted by Crippen LogP contribution is -2.34. The molecule has 0 aliphatic rings. The number of rotatable bonds is 6. The fourth-order valence-electron chi connectivity index (χ4n) is 1.37. The van der Waals surface area contributed by atoms with Gasteiger partial charge in [-0.1, -0.05) is 6.08 Å². The smallest absolute Gasteiger partial charge is 0.258 e. The van der Waals surface area contributed by atoms with Crippen LogP contribution in [0.15, 0.2) is 31.1 Å². The van der Waals surface area contributed by atoms with Crippen LogP contribution in [0.3, 0.4) is 0 Å². The van der Waals surface area contributed by atoms with E-state index in [-0.39, 0.29) is 17.2 Å². The molecule has 0 saturated carbocycles. The van der Waals surface area contributed by atoms with E-state index in [0.29, 0.717) is 19.7 Å². The maximum atomic E-state index is 12.1. The Kier molecular flexibility index (Phi) is 5.16. The van der Waals surface area contributed by atoms with Gasteiger partial charge in [0.05, 0.1) is 18.4 Å². The highest BCUT2D eigenvalue weighted by Gasteiger charge is 2.17. The molecule has 5 nitrogen and oxygen atoms in total. The van der Waals surface area contributed by atoms with Gasteiger partial charge < -0.3 is 14.7 Å². The lowest BCUT2D eigenvalue weighted by Gasteiger charge is -2.20. The van der Waals surface area contributed by atoms with Crippen LogP contribution in [0.5, 0.6) is 5.75 Å². The number of hydrogen-bond donors (Lipinski definition) is 1. The van der Waals surface area contributed by atoms with Crippen LogP contribution in [0.1, 0.15) is 10.4 Å². The molecule has 1 amide bonds. The van der Waals surface area contributed by atoms with Crippen LogP contribution in [0.2, 0.25) is 0 Å². The molecule has 1 N–H and O–H groups in total. The van der Waals surface area contributed by atoms with Gasteiger partial charge in [0, 0.05) is 26.4 Å². The standard InChI is InChI=1S/C12H16N2O3/c1-3-6-14(7-8-17-2)12(16)10-4-5-13-9-11(10)15/h3-5,9,15H,1,6-8H2,2H3. The minimum atomic E-state index is -0.262. The Balaban J connectivity index is 2.83. The van der Waals surface area contributed by atoms with Crippen LogP contribution in [-0.2, 0) is 4.74 Å². The third-order valence-corrected chi connectivity index (χ3v) is 2.23. The third-order valence-electron chi connectivity index (χ3n) is 2.23. The van der Waals surface area contributed by atoms with E-state index in [1.165, 1.54) is 18.5 Å². The molecule has 17 heavy (non-hydrogen) atoms. The molecule has 0 bridgehead atoms. The van der Waals surface area contributed by atoms with Gasteiger partial charge in [-0.05, 0) is 6.07 Å². The molecule has 1 aromatic heterocycles. The first kappa shape index (κ1) is 13.2. The lowest BCUT2D eigenvalue weighted by molar-refractivity contribution is 0.0715. The predicted octanol–water partition coefficient (Wildman–Crippen LogP) is 1.06. The van der Waals surface area contributed by atoms with Crippen LogP contribution in [0.4, 0.5) is 0 Å². The molecule has 0 radical (unpaired) electrons. The molecule has 1 aromatic rings. The molecule has 0 saturated heterocycles. The molecule has 1 rings (SSSR count). The van der Waals surface area contributed by atoms with E-state index in [4.69, 9.17) is 4.74 Å². The number of hydrogen-bond acceptors (Lipinski definition) is 4. The number of methoxy groups -OCH3 is 1. The number of aromatic nitrogens is 1.